The fraction of sp³-hybridized carbons (Fsp3) is 0.375. The van der Waals surface area contributed by atoms with Crippen LogP contribution in [0.2, 0.25) is 0 Å². The van der Waals surface area contributed by atoms with Gasteiger partial charge in [-0.25, -0.2) is 9.59 Å². The van der Waals surface area contributed by atoms with Crippen molar-refractivity contribution in [3.05, 3.63) is 70.2 Å². The number of halogens is 1. The molecule has 0 aliphatic rings. The Labute approximate surface area is 197 Å². The van der Waals surface area contributed by atoms with E-state index in [1.807, 2.05) is 36.4 Å². The molecule has 2 amide bonds. The van der Waals surface area contributed by atoms with Gasteiger partial charge in [-0.05, 0) is 57.4 Å². The van der Waals surface area contributed by atoms with E-state index in [0.717, 1.165) is 10.0 Å². The number of carbonyl (C=O) groups is 3. The summed E-state index contributed by atoms with van der Waals surface area (Å²) in [4.78, 5) is 37.1. The molecule has 0 heterocycles. The van der Waals surface area contributed by atoms with Gasteiger partial charge in [0.15, 0.2) is 0 Å². The molecule has 8 heteroatoms. The van der Waals surface area contributed by atoms with Gasteiger partial charge in [-0.2, -0.15) is 0 Å². The summed E-state index contributed by atoms with van der Waals surface area (Å²) in [5.74, 6) is -0.898. The van der Waals surface area contributed by atoms with E-state index in [0.29, 0.717) is 24.9 Å². The Bertz CT molecular complexity index is 912. The van der Waals surface area contributed by atoms with E-state index in [-0.39, 0.29) is 12.5 Å². The first kappa shape index (κ1) is 25.4. The minimum Gasteiger partial charge on any atom is -0.458 e. The van der Waals surface area contributed by atoms with Crippen LogP contribution in [0.15, 0.2) is 59.1 Å². The van der Waals surface area contributed by atoms with Crippen LogP contribution in [0.1, 0.15) is 49.5 Å². The maximum atomic E-state index is 12.6. The molecule has 32 heavy (non-hydrogen) atoms. The summed E-state index contributed by atoms with van der Waals surface area (Å²) in [7, 11) is 0. The number of esters is 1. The van der Waals surface area contributed by atoms with Gasteiger partial charge in [-0.1, -0.05) is 52.3 Å². The molecule has 0 unspecified atom stereocenters. The Kier molecular flexibility index (Phi) is 9.71. The normalized spacial score (nSPS) is 11.9. The molecule has 7 nitrogen and oxygen atoms in total. The molecular formula is C24H29BrN2O5. The first-order chi connectivity index (χ1) is 15.1. The maximum Gasteiger partial charge on any atom is 0.407 e. The summed E-state index contributed by atoms with van der Waals surface area (Å²) in [6.45, 7) is 5.77. The monoisotopic (exact) mass is 504 g/mol. The fourth-order valence-corrected chi connectivity index (χ4v) is 3.16. The second-order valence-electron chi connectivity index (χ2n) is 8.20. The van der Waals surface area contributed by atoms with Gasteiger partial charge in [0.05, 0.1) is 0 Å². The summed E-state index contributed by atoms with van der Waals surface area (Å²) in [6, 6.07) is 15.4. The van der Waals surface area contributed by atoms with Crippen LogP contribution in [0.4, 0.5) is 4.79 Å². The molecule has 0 fully saturated rings. The van der Waals surface area contributed by atoms with Gasteiger partial charge in [0.1, 0.15) is 18.2 Å². The van der Waals surface area contributed by atoms with Crippen LogP contribution in [0.3, 0.4) is 0 Å². The number of amides is 2. The minimum atomic E-state index is -0.845. The molecule has 0 saturated carbocycles. The Balaban J connectivity index is 1.86. The van der Waals surface area contributed by atoms with Crippen molar-refractivity contribution in [3.63, 3.8) is 0 Å². The molecule has 0 aliphatic carbocycles. The zero-order valence-corrected chi connectivity index (χ0v) is 20.1. The standard InChI is InChI=1S/C24H29BrN2O5/c1-24(2,3)32-22(29)20(27-21(28)18-11-7-12-19(25)15-18)13-8-14-26-23(30)31-16-17-9-5-4-6-10-17/h4-7,9-12,15,20H,8,13-14,16H2,1-3H3,(H,26,30)(H,27,28)/t20-/m0/s1. The quantitative estimate of drug-likeness (QED) is 0.384. The Morgan fingerprint density at radius 3 is 2.41 bits per heavy atom. The number of alkyl carbamates (subject to hydrolysis) is 1. The van der Waals surface area contributed by atoms with Crippen LogP contribution in [0.25, 0.3) is 0 Å². The van der Waals surface area contributed by atoms with Gasteiger partial charge in [0.2, 0.25) is 0 Å². The van der Waals surface area contributed by atoms with Crippen LogP contribution in [0.5, 0.6) is 0 Å². The van der Waals surface area contributed by atoms with Gasteiger partial charge in [-0.3, -0.25) is 4.79 Å². The summed E-state index contributed by atoms with van der Waals surface area (Å²) < 4.78 is 11.4. The lowest BCUT2D eigenvalue weighted by atomic mass is 10.1. The highest BCUT2D eigenvalue weighted by Crippen LogP contribution is 2.14. The molecule has 1 atom stereocenters. The topological polar surface area (TPSA) is 93.7 Å². The SMILES string of the molecule is CC(C)(C)OC(=O)[C@H](CCCNC(=O)OCc1ccccc1)NC(=O)c1cccc(Br)c1. The lowest BCUT2D eigenvalue weighted by Gasteiger charge is -2.24. The van der Waals surface area contributed by atoms with Gasteiger partial charge in [0, 0.05) is 16.6 Å². The largest absolute Gasteiger partial charge is 0.458 e. The van der Waals surface area contributed by atoms with Crippen LogP contribution < -0.4 is 10.6 Å². The predicted molar refractivity (Wildman–Crippen MR) is 125 cm³/mol. The number of hydrogen-bond acceptors (Lipinski definition) is 5. The van der Waals surface area contributed by atoms with E-state index in [1.165, 1.54) is 0 Å². The van der Waals surface area contributed by atoms with E-state index in [9.17, 15) is 14.4 Å². The van der Waals surface area contributed by atoms with Gasteiger partial charge < -0.3 is 20.1 Å². The zero-order chi connectivity index (χ0) is 23.6. The smallest absolute Gasteiger partial charge is 0.407 e. The summed E-state index contributed by atoms with van der Waals surface area (Å²) in [6.07, 6.45) is 0.206. The summed E-state index contributed by atoms with van der Waals surface area (Å²) in [5, 5.41) is 5.40. The van der Waals surface area contributed by atoms with Gasteiger partial charge in [0.25, 0.3) is 5.91 Å². The molecule has 172 valence electrons. The molecule has 0 spiro atoms. The molecule has 0 radical (unpaired) electrons. The van der Waals surface area contributed by atoms with Crippen LogP contribution in [0, 0.1) is 0 Å². The van der Waals surface area contributed by atoms with Crippen molar-refractivity contribution in [2.45, 2.75) is 51.9 Å². The van der Waals surface area contributed by atoms with Crippen molar-refractivity contribution >= 4 is 33.9 Å². The van der Waals surface area contributed by atoms with E-state index in [1.54, 1.807) is 39.0 Å². The Morgan fingerprint density at radius 1 is 1.03 bits per heavy atom. The molecule has 2 aromatic carbocycles. The highest BCUT2D eigenvalue weighted by molar-refractivity contribution is 9.10. The molecule has 2 N–H and O–H groups in total. The average molecular weight is 505 g/mol. The van der Waals surface area contributed by atoms with Crippen LogP contribution in [-0.4, -0.2) is 36.2 Å². The molecule has 2 rings (SSSR count). The average Bonchev–Trinajstić information content (AvgIpc) is 2.73. The first-order valence-corrected chi connectivity index (χ1v) is 11.2. The van der Waals surface area contributed by atoms with E-state index in [4.69, 9.17) is 9.47 Å². The minimum absolute atomic E-state index is 0.176. The number of nitrogens with one attached hydrogen (secondary N) is 2. The van der Waals surface area contributed by atoms with Crippen LogP contribution in [-0.2, 0) is 20.9 Å². The number of ether oxygens (including phenoxy) is 2. The lowest BCUT2D eigenvalue weighted by Crippen LogP contribution is -2.44. The Morgan fingerprint density at radius 2 is 1.75 bits per heavy atom. The van der Waals surface area contributed by atoms with E-state index >= 15 is 0 Å². The molecule has 0 bridgehead atoms. The third-order valence-corrected chi connectivity index (χ3v) is 4.73. The maximum absolute atomic E-state index is 12.6. The number of benzene rings is 2. The molecule has 2 aromatic rings. The fourth-order valence-electron chi connectivity index (χ4n) is 2.76. The van der Waals surface area contributed by atoms with Crippen molar-refractivity contribution in [1.29, 1.82) is 0 Å². The van der Waals surface area contributed by atoms with Crippen molar-refractivity contribution in [2.75, 3.05) is 6.54 Å². The summed E-state index contributed by atoms with van der Waals surface area (Å²) >= 11 is 3.33. The third-order valence-electron chi connectivity index (χ3n) is 4.24. The van der Waals surface area contributed by atoms with Crippen molar-refractivity contribution in [2.24, 2.45) is 0 Å². The summed E-state index contributed by atoms with van der Waals surface area (Å²) in [5.41, 5.74) is 0.633. The van der Waals surface area contributed by atoms with Crippen molar-refractivity contribution in [3.8, 4) is 0 Å². The molecular weight excluding hydrogens is 476 g/mol. The number of rotatable bonds is 9. The molecule has 0 aromatic heterocycles. The molecule has 0 saturated heterocycles. The third kappa shape index (κ3) is 9.51. The second kappa shape index (κ2) is 12.2. The van der Waals surface area contributed by atoms with Gasteiger partial charge >= 0.3 is 12.1 Å². The van der Waals surface area contributed by atoms with Crippen LogP contribution >= 0.6 is 15.9 Å². The van der Waals surface area contributed by atoms with Crippen molar-refractivity contribution in [1.82, 2.24) is 10.6 Å². The molecule has 0 aliphatic heterocycles. The van der Waals surface area contributed by atoms with E-state index < -0.39 is 23.7 Å². The van der Waals surface area contributed by atoms with Crippen molar-refractivity contribution < 1.29 is 23.9 Å². The highest BCUT2D eigenvalue weighted by Gasteiger charge is 2.26. The Hall–Kier alpha value is -2.87. The second-order valence-corrected chi connectivity index (χ2v) is 9.12. The zero-order valence-electron chi connectivity index (χ0n) is 18.5. The van der Waals surface area contributed by atoms with Gasteiger partial charge in [-0.15, -0.1) is 0 Å². The first-order valence-electron chi connectivity index (χ1n) is 10.4. The lowest BCUT2D eigenvalue weighted by molar-refractivity contribution is -0.157. The predicted octanol–water partition coefficient (Wildman–Crippen LogP) is 4.60. The number of hydrogen-bond donors (Lipinski definition) is 2. The van der Waals surface area contributed by atoms with E-state index in [2.05, 4.69) is 26.6 Å². The highest BCUT2D eigenvalue weighted by atomic mass is 79.9. The number of carbonyl (C=O) groups excluding carboxylic acids is 3.